The zero-order valence-electron chi connectivity index (χ0n) is 14.8. The summed E-state index contributed by atoms with van der Waals surface area (Å²) in [4.78, 5) is 42.2. The van der Waals surface area contributed by atoms with Crippen LogP contribution in [0.4, 0.5) is 5.82 Å². The zero-order chi connectivity index (χ0) is 19.2. The van der Waals surface area contributed by atoms with Crippen molar-refractivity contribution in [3.63, 3.8) is 0 Å². The van der Waals surface area contributed by atoms with Gasteiger partial charge in [0.05, 0.1) is 5.02 Å². The van der Waals surface area contributed by atoms with Crippen molar-refractivity contribution in [3.05, 3.63) is 58.1 Å². The van der Waals surface area contributed by atoms with Gasteiger partial charge in [-0.1, -0.05) is 17.7 Å². The number of aromatic nitrogens is 2. The molecule has 3 rings (SSSR count). The molecule has 8 heteroatoms. The fraction of sp³-hybridized carbons (Fsp3) is 0.368. The molecule has 27 heavy (non-hydrogen) atoms. The lowest BCUT2D eigenvalue weighted by Crippen LogP contribution is -2.42. The number of likely N-dealkylation sites (tertiary alicyclic amines) is 1. The number of nitrogens with zero attached hydrogens (tertiary/aromatic N) is 3. The molecule has 0 unspecified atom stereocenters. The molecule has 142 valence electrons. The molecule has 1 aliphatic rings. The summed E-state index contributed by atoms with van der Waals surface area (Å²) in [5, 5.41) is 3.30. The van der Waals surface area contributed by atoms with Crippen LogP contribution >= 0.6 is 11.6 Å². The summed E-state index contributed by atoms with van der Waals surface area (Å²) in [5.74, 6) is 0.233. The van der Waals surface area contributed by atoms with E-state index in [9.17, 15) is 14.4 Å². The summed E-state index contributed by atoms with van der Waals surface area (Å²) in [6.45, 7) is 1.43. The molecule has 0 atom stereocenters. The van der Waals surface area contributed by atoms with E-state index in [1.165, 1.54) is 16.8 Å². The number of carbonyl (C=O) groups is 2. The second-order valence-corrected chi connectivity index (χ2v) is 6.92. The summed E-state index contributed by atoms with van der Waals surface area (Å²) in [7, 11) is 0. The van der Waals surface area contributed by atoms with Crippen LogP contribution in [0.5, 0.6) is 0 Å². The van der Waals surface area contributed by atoms with Crippen LogP contribution in [0.15, 0.2) is 47.5 Å². The standard InChI is InChI=1S/C19H21ClN4O3/c20-15-4-5-16(21-13-15)22-19(27)14-6-10-24(11-7-14)18(26)8-12-23-9-2-1-3-17(23)25/h1-5,9,13-14H,6-8,10-12H2,(H,21,22,27). The first kappa shape index (κ1) is 19.1. The van der Waals surface area contributed by atoms with E-state index in [1.54, 1.807) is 35.4 Å². The van der Waals surface area contributed by atoms with Crippen LogP contribution in [0.3, 0.4) is 0 Å². The van der Waals surface area contributed by atoms with Crippen molar-refractivity contribution in [1.29, 1.82) is 0 Å². The smallest absolute Gasteiger partial charge is 0.250 e. The summed E-state index contributed by atoms with van der Waals surface area (Å²) in [6, 6.07) is 8.25. The Kier molecular flexibility index (Phi) is 6.24. The van der Waals surface area contributed by atoms with E-state index in [0.717, 1.165) is 0 Å². The lowest BCUT2D eigenvalue weighted by atomic mass is 9.95. The van der Waals surface area contributed by atoms with Gasteiger partial charge in [-0.2, -0.15) is 0 Å². The molecule has 1 N–H and O–H groups in total. The lowest BCUT2D eigenvalue weighted by molar-refractivity contribution is -0.134. The highest BCUT2D eigenvalue weighted by Gasteiger charge is 2.27. The van der Waals surface area contributed by atoms with Gasteiger partial charge in [0, 0.05) is 50.4 Å². The van der Waals surface area contributed by atoms with Crippen LogP contribution in [0.1, 0.15) is 19.3 Å². The van der Waals surface area contributed by atoms with Gasteiger partial charge in [-0.05, 0) is 31.0 Å². The second-order valence-electron chi connectivity index (χ2n) is 6.49. The third kappa shape index (κ3) is 5.17. The maximum atomic E-state index is 12.4. The van der Waals surface area contributed by atoms with Crippen molar-refractivity contribution in [2.45, 2.75) is 25.8 Å². The molecule has 0 radical (unpaired) electrons. The fourth-order valence-corrected chi connectivity index (χ4v) is 3.20. The number of anilines is 1. The van der Waals surface area contributed by atoms with E-state index >= 15 is 0 Å². The number of pyridine rings is 2. The third-order valence-electron chi connectivity index (χ3n) is 4.66. The molecule has 2 aromatic heterocycles. The van der Waals surface area contributed by atoms with Gasteiger partial charge >= 0.3 is 0 Å². The van der Waals surface area contributed by atoms with Gasteiger partial charge in [0.2, 0.25) is 11.8 Å². The van der Waals surface area contributed by atoms with Crippen molar-refractivity contribution in [3.8, 4) is 0 Å². The highest BCUT2D eigenvalue weighted by atomic mass is 35.5. The van der Waals surface area contributed by atoms with E-state index in [0.29, 0.717) is 43.3 Å². The molecule has 0 spiro atoms. The van der Waals surface area contributed by atoms with Crippen molar-refractivity contribution in [2.75, 3.05) is 18.4 Å². The zero-order valence-corrected chi connectivity index (χ0v) is 15.6. The fourth-order valence-electron chi connectivity index (χ4n) is 3.09. The van der Waals surface area contributed by atoms with Crippen LogP contribution in [-0.4, -0.2) is 39.4 Å². The van der Waals surface area contributed by atoms with Crippen molar-refractivity contribution >= 4 is 29.2 Å². The molecule has 0 aromatic carbocycles. The number of nitrogens with one attached hydrogen (secondary N) is 1. The molecular formula is C19H21ClN4O3. The first-order chi connectivity index (χ1) is 13.0. The number of aryl methyl sites for hydroxylation is 1. The Balaban J connectivity index is 1.45. The highest BCUT2D eigenvalue weighted by Crippen LogP contribution is 2.20. The minimum absolute atomic E-state index is 0.00368. The third-order valence-corrected chi connectivity index (χ3v) is 4.89. The maximum absolute atomic E-state index is 12.4. The first-order valence-electron chi connectivity index (χ1n) is 8.88. The average molecular weight is 389 g/mol. The van der Waals surface area contributed by atoms with Gasteiger partial charge in [0.1, 0.15) is 5.82 Å². The SMILES string of the molecule is O=C(Nc1ccc(Cl)cn1)C1CCN(C(=O)CCn2ccccc2=O)CC1. The van der Waals surface area contributed by atoms with Crippen molar-refractivity contribution in [1.82, 2.24) is 14.5 Å². The normalized spacial score (nSPS) is 14.8. The largest absolute Gasteiger partial charge is 0.343 e. The maximum Gasteiger partial charge on any atom is 0.250 e. The number of piperidine rings is 1. The Morgan fingerprint density at radius 2 is 1.96 bits per heavy atom. The quantitative estimate of drug-likeness (QED) is 0.850. The Morgan fingerprint density at radius 3 is 2.63 bits per heavy atom. The number of rotatable bonds is 5. The highest BCUT2D eigenvalue weighted by molar-refractivity contribution is 6.30. The summed E-state index contributed by atoms with van der Waals surface area (Å²) >= 11 is 5.78. The van der Waals surface area contributed by atoms with Gasteiger partial charge in [-0.15, -0.1) is 0 Å². The van der Waals surface area contributed by atoms with Crippen molar-refractivity contribution in [2.24, 2.45) is 5.92 Å². The van der Waals surface area contributed by atoms with E-state index in [2.05, 4.69) is 10.3 Å². The lowest BCUT2D eigenvalue weighted by Gasteiger charge is -2.31. The first-order valence-corrected chi connectivity index (χ1v) is 9.26. The van der Waals surface area contributed by atoms with Gasteiger partial charge in [-0.3, -0.25) is 14.4 Å². The molecule has 7 nitrogen and oxygen atoms in total. The van der Waals surface area contributed by atoms with Crippen LogP contribution in [0.25, 0.3) is 0 Å². The monoisotopic (exact) mass is 388 g/mol. The minimum atomic E-state index is -0.150. The molecule has 0 aliphatic carbocycles. The predicted octanol–water partition coefficient (Wildman–Crippen LogP) is 2.16. The second kappa shape index (κ2) is 8.81. The van der Waals surface area contributed by atoms with Crippen LogP contribution < -0.4 is 10.9 Å². The Hall–Kier alpha value is -2.67. The minimum Gasteiger partial charge on any atom is -0.343 e. The van der Waals surface area contributed by atoms with Crippen molar-refractivity contribution < 1.29 is 9.59 Å². The summed E-state index contributed by atoms with van der Waals surface area (Å²) in [6.07, 6.45) is 4.65. The molecule has 2 aromatic rings. The van der Waals surface area contributed by atoms with Crippen LogP contribution in [0.2, 0.25) is 5.02 Å². The van der Waals surface area contributed by atoms with E-state index in [-0.39, 0.29) is 29.7 Å². The molecule has 1 aliphatic heterocycles. The van der Waals surface area contributed by atoms with E-state index < -0.39 is 0 Å². The number of halogens is 1. The van der Waals surface area contributed by atoms with Crippen LogP contribution in [-0.2, 0) is 16.1 Å². The number of hydrogen-bond acceptors (Lipinski definition) is 4. The van der Waals surface area contributed by atoms with Gasteiger partial charge in [0.25, 0.3) is 5.56 Å². The van der Waals surface area contributed by atoms with Gasteiger partial charge in [-0.25, -0.2) is 4.98 Å². The number of carbonyl (C=O) groups excluding carboxylic acids is 2. The van der Waals surface area contributed by atoms with Gasteiger partial charge < -0.3 is 14.8 Å². The number of hydrogen-bond donors (Lipinski definition) is 1. The predicted molar refractivity (Wildman–Crippen MR) is 102 cm³/mol. The topological polar surface area (TPSA) is 84.3 Å². The van der Waals surface area contributed by atoms with E-state index in [4.69, 9.17) is 11.6 Å². The average Bonchev–Trinajstić information content (AvgIpc) is 2.69. The Morgan fingerprint density at radius 1 is 1.19 bits per heavy atom. The molecule has 2 amide bonds. The molecule has 1 fully saturated rings. The molecule has 1 saturated heterocycles. The molecule has 0 saturated carbocycles. The molecule has 0 bridgehead atoms. The molecular weight excluding hydrogens is 368 g/mol. The summed E-state index contributed by atoms with van der Waals surface area (Å²) in [5.41, 5.74) is -0.114. The summed E-state index contributed by atoms with van der Waals surface area (Å²) < 4.78 is 1.53. The van der Waals surface area contributed by atoms with Gasteiger partial charge in [0.15, 0.2) is 0 Å². The van der Waals surface area contributed by atoms with E-state index in [1.807, 2.05) is 0 Å². The number of amides is 2. The Labute approximate surface area is 162 Å². The van der Waals surface area contributed by atoms with Crippen LogP contribution in [0, 0.1) is 5.92 Å². The Bertz CT molecular complexity index is 858. The molecule has 3 heterocycles.